The van der Waals surface area contributed by atoms with Gasteiger partial charge in [-0.2, -0.15) is 0 Å². The molecule has 166 valence electrons. The van der Waals surface area contributed by atoms with E-state index in [1.807, 2.05) is 49.4 Å². The Kier molecular flexibility index (Phi) is 5.25. The fourth-order valence-electron chi connectivity index (χ4n) is 5.45. The third kappa shape index (κ3) is 3.06. The summed E-state index contributed by atoms with van der Waals surface area (Å²) in [6.07, 6.45) is 3.03. The molecule has 6 heteroatoms. The summed E-state index contributed by atoms with van der Waals surface area (Å²) in [7, 11) is 0. The lowest BCUT2D eigenvalue weighted by atomic mass is 9.76. The molecule has 2 aromatic carbocycles. The van der Waals surface area contributed by atoms with E-state index < -0.39 is 5.54 Å². The summed E-state index contributed by atoms with van der Waals surface area (Å²) in [5.41, 5.74) is 2.79. The number of unbranched alkanes of at least 4 members (excludes halogenated alkanes) is 2. The Bertz CT molecular complexity index is 1200. The Morgan fingerprint density at radius 2 is 1.84 bits per heavy atom. The molecule has 2 aliphatic rings. The number of piperazine rings is 1. The molecular formula is C26H28ClN3O2. The summed E-state index contributed by atoms with van der Waals surface area (Å²) in [4.78, 5) is 34.3. The molecule has 2 aliphatic heterocycles. The number of nitrogens with one attached hydrogen (secondary N) is 1. The number of nitrogens with zero attached hydrogens (tertiary/aromatic N) is 2. The molecule has 3 aromatic rings. The van der Waals surface area contributed by atoms with Crippen LogP contribution in [0, 0.1) is 0 Å². The number of aromatic amines is 1. The Labute approximate surface area is 193 Å². The molecule has 5 rings (SSSR count). The first kappa shape index (κ1) is 21.1. The quantitative estimate of drug-likeness (QED) is 0.554. The summed E-state index contributed by atoms with van der Waals surface area (Å²) >= 11 is 6.62. The van der Waals surface area contributed by atoms with Crippen molar-refractivity contribution in [2.45, 2.75) is 44.6 Å². The van der Waals surface area contributed by atoms with E-state index in [-0.39, 0.29) is 24.3 Å². The van der Waals surface area contributed by atoms with Crippen molar-refractivity contribution in [1.82, 2.24) is 14.8 Å². The van der Waals surface area contributed by atoms with Crippen LogP contribution < -0.4 is 0 Å². The van der Waals surface area contributed by atoms with E-state index in [1.54, 1.807) is 9.80 Å². The number of carbonyl (C=O) groups is 2. The number of aromatic nitrogens is 1. The molecule has 3 heterocycles. The van der Waals surface area contributed by atoms with Gasteiger partial charge >= 0.3 is 0 Å². The van der Waals surface area contributed by atoms with Crippen LogP contribution in [0.15, 0.2) is 48.5 Å². The van der Waals surface area contributed by atoms with E-state index in [2.05, 4.69) is 18.0 Å². The van der Waals surface area contributed by atoms with Gasteiger partial charge in [-0.25, -0.2) is 0 Å². The van der Waals surface area contributed by atoms with Gasteiger partial charge in [-0.3, -0.25) is 9.59 Å². The molecule has 1 fully saturated rings. The molecule has 0 aliphatic carbocycles. The number of amides is 2. The van der Waals surface area contributed by atoms with Gasteiger partial charge in [-0.05, 0) is 36.6 Å². The zero-order valence-corrected chi connectivity index (χ0v) is 19.3. The second-order valence-corrected chi connectivity index (χ2v) is 9.45. The number of hydrogen-bond acceptors (Lipinski definition) is 2. The van der Waals surface area contributed by atoms with E-state index in [0.717, 1.165) is 47.0 Å². The maximum absolute atomic E-state index is 13.9. The highest BCUT2D eigenvalue weighted by Gasteiger charge is 2.56. The third-order valence-electron chi connectivity index (χ3n) is 7.13. The molecule has 5 nitrogen and oxygen atoms in total. The summed E-state index contributed by atoms with van der Waals surface area (Å²) in [6.45, 7) is 5.23. The number of H-pyrrole nitrogens is 1. The van der Waals surface area contributed by atoms with Gasteiger partial charge in [0.15, 0.2) is 5.54 Å². The Hall–Kier alpha value is -2.79. The van der Waals surface area contributed by atoms with Crippen LogP contribution in [0.4, 0.5) is 0 Å². The maximum Gasteiger partial charge on any atom is 0.254 e. The first-order valence-corrected chi connectivity index (χ1v) is 11.8. The molecular weight excluding hydrogens is 422 g/mol. The van der Waals surface area contributed by atoms with Crippen LogP contribution in [0.25, 0.3) is 10.9 Å². The highest BCUT2D eigenvalue weighted by molar-refractivity contribution is 6.31. The van der Waals surface area contributed by atoms with Crippen LogP contribution in [0.1, 0.15) is 55.8 Å². The first-order valence-electron chi connectivity index (χ1n) is 11.4. The largest absolute Gasteiger partial charge is 0.356 e. The molecule has 0 bridgehead atoms. The minimum Gasteiger partial charge on any atom is -0.356 e. The standard InChI is InChI=1S/C26H28ClN3O2/c1-3-4-9-14-29-16-22(31)30-15-19(17-10-5-7-12-20(17)27)23-18-11-6-8-13-21(18)28-24(23)26(30,2)25(29)32/h5-8,10-13,19,28H,3-4,9,14-16H2,1-2H3/t19?,26-/m0/s1. The molecule has 1 unspecified atom stereocenters. The normalized spacial score (nSPS) is 22.9. The van der Waals surface area contributed by atoms with Crippen molar-refractivity contribution in [2.24, 2.45) is 0 Å². The van der Waals surface area contributed by atoms with Crippen LogP contribution in [0.2, 0.25) is 5.02 Å². The number of carbonyl (C=O) groups excluding carboxylic acids is 2. The van der Waals surface area contributed by atoms with Gasteiger partial charge in [-0.15, -0.1) is 0 Å². The fraction of sp³-hybridized carbons (Fsp3) is 0.385. The van der Waals surface area contributed by atoms with E-state index in [0.29, 0.717) is 18.1 Å². The second-order valence-electron chi connectivity index (χ2n) is 9.04. The van der Waals surface area contributed by atoms with Crippen molar-refractivity contribution in [3.63, 3.8) is 0 Å². The fourth-order valence-corrected chi connectivity index (χ4v) is 5.72. The monoisotopic (exact) mass is 449 g/mol. The van der Waals surface area contributed by atoms with Gasteiger partial charge in [0, 0.05) is 34.9 Å². The third-order valence-corrected chi connectivity index (χ3v) is 7.47. The van der Waals surface area contributed by atoms with Gasteiger partial charge in [0.05, 0.1) is 12.2 Å². The number of hydrogen-bond donors (Lipinski definition) is 1. The van der Waals surface area contributed by atoms with Crippen LogP contribution >= 0.6 is 11.6 Å². The highest BCUT2D eigenvalue weighted by Crippen LogP contribution is 2.49. The molecule has 32 heavy (non-hydrogen) atoms. The van der Waals surface area contributed by atoms with E-state index >= 15 is 0 Å². The number of benzene rings is 2. The van der Waals surface area contributed by atoms with E-state index in [9.17, 15) is 9.59 Å². The molecule has 0 saturated carbocycles. The van der Waals surface area contributed by atoms with Crippen molar-refractivity contribution in [2.75, 3.05) is 19.6 Å². The minimum absolute atomic E-state index is 0.00128. The maximum atomic E-state index is 13.9. The summed E-state index contributed by atoms with van der Waals surface area (Å²) in [5, 5.41) is 1.76. The lowest BCUT2D eigenvalue weighted by molar-refractivity contribution is -0.166. The summed E-state index contributed by atoms with van der Waals surface area (Å²) in [5.74, 6) is -0.116. The molecule has 1 N–H and O–H groups in total. The van der Waals surface area contributed by atoms with Gasteiger partial charge in [0.25, 0.3) is 5.91 Å². The first-order chi connectivity index (χ1) is 15.5. The number of fused-ring (bicyclic) bond motifs is 5. The number of rotatable bonds is 5. The van der Waals surface area contributed by atoms with Crippen LogP contribution in [0.5, 0.6) is 0 Å². The van der Waals surface area contributed by atoms with Crippen molar-refractivity contribution in [3.05, 3.63) is 70.4 Å². The lowest BCUT2D eigenvalue weighted by Crippen LogP contribution is -2.67. The Morgan fingerprint density at radius 1 is 1.09 bits per heavy atom. The van der Waals surface area contributed by atoms with Crippen molar-refractivity contribution < 1.29 is 9.59 Å². The summed E-state index contributed by atoms with van der Waals surface area (Å²) in [6, 6.07) is 15.9. The molecule has 1 saturated heterocycles. The highest BCUT2D eigenvalue weighted by atomic mass is 35.5. The van der Waals surface area contributed by atoms with Crippen LogP contribution in [-0.4, -0.2) is 46.2 Å². The molecule has 2 atom stereocenters. The Balaban J connectivity index is 1.69. The Morgan fingerprint density at radius 3 is 2.62 bits per heavy atom. The van der Waals surface area contributed by atoms with Crippen LogP contribution in [-0.2, 0) is 15.1 Å². The van der Waals surface area contributed by atoms with Crippen molar-refractivity contribution in [3.8, 4) is 0 Å². The molecule has 2 amide bonds. The molecule has 0 radical (unpaired) electrons. The minimum atomic E-state index is -1.05. The topological polar surface area (TPSA) is 56.4 Å². The van der Waals surface area contributed by atoms with Gasteiger partial charge in [-0.1, -0.05) is 67.8 Å². The summed E-state index contributed by atoms with van der Waals surface area (Å²) < 4.78 is 0. The van der Waals surface area contributed by atoms with E-state index in [1.165, 1.54) is 0 Å². The number of para-hydroxylation sites is 1. The molecule has 0 spiro atoms. The SMILES string of the molecule is CCCCCN1CC(=O)N2CC(c3ccccc3Cl)c3c([nH]c4ccccc34)[C@@]2(C)C1=O. The average molecular weight is 450 g/mol. The lowest BCUT2D eigenvalue weighted by Gasteiger charge is -2.51. The molecule has 1 aromatic heterocycles. The van der Waals surface area contributed by atoms with Gasteiger partial charge in [0.2, 0.25) is 5.91 Å². The number of halogens is 1. The van der Waals surface area contributed by atoms with E-state index in [4.69, 9.17) is 11.6 Å². The van der Waals surface area contributed by atoms with Crippen molar-refractivity contribution in [1.29, 1.82) is 0 Å². The van der Waals surface area contributed by atoms with Crippen LogP contribution in [0.3, 0.4) is 0 Å². The zero-order chi connectivity index (χ0) is 22.5. The zero-order valence-electron chi connectivity index (χ0n) is 18.5. The van der Waals surface area contributed by atoms with Crippen molar-refractivity contribution >= 4 is 34.3 Å². The average Bonchev–Trinajstić information content (AvgIpc) is 3.19. The predicted octanol–water partition coefficient (Wildman–Crippen LogP) is 5.04. The second kappa shape index (κ2) is 7.96. The van der Waals surface area contributed by atoms with Gasteiger partial charge in [0.1, 0.15) is 0 Å². The smallest absolute Gasteiger partial charge is 0.254 e. The van der Waals surface area contributed by atoms with Gasteiger partial charge < -0.3 is 14.8 Å². The predicted molar refractivity (Wildman–Crippen MR) is 127 cm³/mol.